The van der Waals surface area contributed by atoms with Crippen molar-refractivity contribution in [2.45, 2.75) is 37.9 Å². The van der Waals surface area contributed by atoms with Gasteiger partial charge in [-0.15, -0.1) is 0 Å². The van der Waals surface area contributed by atoms with Crippen LogP contribution in [0.5, 0.6) is 0 Å². The van der Waals surface area contributed by atoms with Gasteiger partial charge in [0.1, 0.15) is 5.75 Å². The van der Waals surface area contributed by atoms with E-state index in [0.29, 0.717) is 0 Å². The second-order valence-electron chi connectivity index (χ2n) is 4.07. The van der Waals surface area contributed by atoms with Gasteiger partial charge in [0.25, 0.3) is 10.1 Å². The Labute approximate surface area is 114 Å². The lowest BCUT2D eigenvalue weighted by molar-refractivity contribution is -0.360. The molecule has 0 amide bonds. The van der Waals surface area contributed by atoms with Crippen LogP contribution < -0.4 is 0 Å². The molecule has 13 heteroatoms. The average molecular weight is 348 g/mol. The van der Waals surface area contributed by atoms with Gasteiger partial charge in [-0.05, 0) is 13.8 Å². The number of hydrogen-bond acceptors (Lipinski definition) is 5. The van der Waals surface area contributed by atoms with Crippen molar-refractivity contribution in [1.29, 1.82) is 0 Å². The standard InChI is InChI=1S/C8H10F6O6S/c1-4(2)19-5(15)20-6(7(9,10)11,8(12,13)14)3-21(16,17)18/h4H,3H2,1-2H3,(H,16,17,18). The minimum atomic E-state index is -6.36. The van der Waals surface area contributed by atoms with Gasteiger partial charge in [0.15, 0.2) is 0 Å². The van der Waals surface area contributed by atoms with Crippen molar-refractivity contribution in [3.8, 4) is 0 Å². The van der Waals surface area contributed by atoms with E-state index in [9.17, 15) is 39.6 Å². The first-order chi connectivity index (χ1) is 9.02. The van der Waals surface area contributed by atoms with Gasteiger partial charge in [0, 0.05) is 0 Å². The number of ether oxygens (including phenoxy) is 2. The molecule has 0 spiro atoms. The fourth-order valence-corrected chi connectivity index (χ4v) is 1.99. The Bertz CT molecular complexity index is 464. The monoisotopic (exact) mass is 348 g/mol. The van der Waals surface area contributed by atoms with E-state index >= 15 is 0 Å². The van der Waals surface area contributed by atoms with Crippen LogP contribution in [0.3, 0.4) is 0 Å². The number of alkyl halides is 6. The molecule has 21 heavy (non-hydrogen) atoms. The first-order valence-electron chi connectivity index (χ1n) is 5.00. The van der Waals surface area contributed by atoms with Gasteiger partial charge in [-0.25, -0.2) is 4.79 Å². The normalized spacial score (nSPS) is 14.2. The Morgan fingerprint density at radius 3 is 1.71 bits per heavy atom. The largest absolute Gasteiger partial charge is 0.509 e. The molecule has 0 aliphatic rings. The summed E-state index contributed by atoms with van der Waals surface area (Å²) in [5, 5.41) is 0. The second-order valence-corrected chi connectivity index (χ2v) is 5.52. The molecule has 0 atom stereocenters. The van der Waals surface area contributed by atoms with Gasteiger partial charge >= 0.3 is 24.1 Å². The highest BCUT2D eigenvalue weighted by Crippen LogP contribution is 2.47. The van der Waals surface area contributed by atoms with Crippen LogP contribution in [0.2, 0.25) is 0 Å². The Morgan fingerprint density at radius 2 is 1.48 bits per heavy atom. The van der Waals surface area contributed by atoms with Crippen molar-refractivity contribution >= 4 is 16.3 Å². The number of carbonyl (C=O) groups excluding carboxylic acids is 1. The van der Waals surface area contributed by atoms with Crippen LogP contribution in [0.1, 0.15) is 13.8 Å². The molecule has 6 nitrogen and oxygen atoms in total. The van der Waals surface area contributed by atoms with Crippen molar-refractivity contribution in [3.63, 3.8) is 0 Å². The van der Waals surface area contributed by atoms with Crippen LogP contribution in [-0.4, -0.2) is 48.9 Å². The van der Waals surface area contributed by atoms with Crippen LogP contribution in [0.25, 0.3) is 0 Å². The molecule has 0 bridgehead atoms. The van der Waals surface area contributed by atoms with Gasteiger partial charge in [-0.3, -0.25) is 4.55 Å². The summed E-state index contributed by atoms with van der Waals surface area (Å²) in [5.74, 6) is -2.94. The maximum Gasteiger partial charge on any atom is 0.509 e. The Kier molecular flexibility index (Phi) is 5.52. The summed E-state index contributed by atoms with van der Waals surface area (Å²) < 4.78 is 112. The van der Waals surface area contributed by atoms with Crippen molar-refractivity contribution in [2.75, 3.05) is 5.75 Å². The lowest BCUT2D eigenvalue weighted by Gasteiger charge is -2.35. The average Bonchev–Trinajstić information content (AvgIpc) is 2.08. The van der Waals surface area contributed by atoms with Crippen molar-refractivity contribution in [3.05, 3.63) is 0 Å². The lowest BCUT2D eigenvalue weighted by atomic mass is 10.1. The third-order valence-electron chi connectivity index (χ3n) is 1.89. The Balaban J connectivity index is 5.89. The molecule has 0 heterocycles. The van der Waals surface area contributed by atoms with E-state index in [2.05, 4.69) is 9.47 Å². The SMILES string of the molecule is CC(C)OC(=O)OC(CS(=O)(=O)O)(C(F)(F)F)C(F)(F)F. The van der Waals surface area contributed by atoms with Crippen molar-refractivity contribution in [1.82, 2.24) is 0 Å². The molecule has 0 fully saturated rings. The number of halogens is 6. The zero-order valence-corrected chi connectivity index (χ0v) is 11.3. The molecule has 0 unspecified atom stereocenters. The van der Waals surface area contributed by atoms with E-state index in [0.717, 1.165) is 13.8 Å². The van der Waals surface area contributed by atoms with Crippen LogP contribution >= 0.6 is 0 Å². The molecule has 0 rings (SSSR count). The predicted octanol–water partition coefficient (Wildman–Crippen LogP) is 2.30. The number of carbonyl (C=O) groups is 1. The molecule has 0 aliphatic heterocycles. The molecule has 0 radical (unpaired) electrons. The van der Waals surface area contributed by atoms with Gasteiger partial charge in [0.2, 0.25) is 0 Å². The maximum absolute atomic E-state index is 12.7. The molecular weight excluding hydrogens is 338 g/mol. The fourth-order valence-electron chi connectivity index (χ4n) is 1.09. The number of hydrogen-bond donors (Lipinski definition) is 1. The molecule has 1 N–H and O–H groups in total. The molecule has 0 aromatic carbocycles. The summed E-state index contributed by atoms with van der Waals surface area (Å²) >= 11 is 0. The second kappa shape index (κ2) is 5.87. The van der Waals surface area contributed by atoms with Gasteiger partial charge in [-0.1, -0.05) is 0 Å². The molecule has 0 aromatic rings. The van der Waals surface area contributed by atoms with E-state index in [-0.39, 0.29) is 0 Å². The van der Waals surface area contributed by atoms with E-state index < -0.39 is 46.1 Å². The summed E-state index contributed by atoms with van der Waals surface area (Å²) in [6, 6.07) is 0. The highest BCUT2D eigenvalue weighted by molar-refractivity contribution is 7.85. The maximum atomic E-state index is 12.7. The van der Waals surface area contributed by atoms with Crippen LogP contribution in [0.15, 0.2) is 0 Å². The highest BCUT2D eigenvalue weighted by Gasteiger charge is 2.76. The Morgan fingerprint density at radius 1 is 1.10 bits per heavy atom. The van der Waals surface area contributed by atoms with E-state index in [1.165, 1.54) is 0 Å². The van der Waals surface area contributed by atoms with Crippen LogP contribution in [-0.2, 0) is 19.6 Å². The quantitative estimate of drug-likeness (QED) is 0.476. The van der Waals surface area contributed by atoms with Gasteiger partial charge < -0.3 is 9.47 Å². The Hall–Kier alpha value is -1.24. The topological polar surface area (TPSA) is 89.9 Å². The fraction of sp³-hybridized carbons (Fsp3) is 0.875. The van der Waals surface area contributed by atoms with Crippen molar-refractivity contribution in [2.24, 2.45) is 0 Å². The first-order valence-corrected chi connectivity index (χ1v) is 6.61. The molecule has 0 saturated carbocycles. The summed E-state index contributed by atoms with van der Waals surface area (Å²) in [7, 11) is -5.79. The molecular formula is C8H10F6O6S. The summed E-state index contributed by atoms with van der Waals surface area (Å²) in [4.78, 5) is 10.9. The van der Waals surface area contributed by atoms with Crippen LogP contribution in [0, 0.1) is 0 Å². The van der Waals surface area contributed by atoms with Crippen molar-refractivity contribution < 1.29 is 53.6 Å². The molecule has 0 saturated heterocycles. The van der Waals surface area contributed by atoms with E-state index in [4.69, 9.17) is 4.55 Å². The minimum absolute atomic E-state index is 1.10. The first kappa shape index (κ1) is 19.8. The van der Waals surface area contributed by atoms with E-state index in [1.807, 2.05) is 0 Å². The highest BCUT2D eigenvalue weighted by atomic mass is 32.2. The van der Waals surface area contributed by atoms with Gasteiger partial charge in [0.05, 0.1) is 6.10 Å². The molecule has 0 aromatic heterocycles. The molecule has 126 valence electrons. The third-order valence-corrected chi connectivity index (χ3v) is 2.66. The summed E-state index contributed by atoms with van der Waals surface area (Å²) in [5.41, 5.74) is -5.44. The number of rotatable bonds is 4. The smallest absolute Gasteiger partial charge is 0.432 e. The minimum Gasteiger partial charge on any atom is -0.432 e. The third kappa shape index (κ3) is 5.22. The predicted molar refractivity (Wildman–Crippen MR) is 54.0 cm³/mol. The lowest BCUT2D eigenvalue weighted by Crippen LogP contribution is -2.63. The van der Waals surface area contributed by atoms with Crippen LogP contribution in [0.4, 0.5) is 31.1 Å². The summed E-state index contributed by atoms with van der Waals surface area (Å²) in [6.07, 6.45) is -16.2. The zero-order chi connectivity index (χ0) is 17.3. The van der Waals surface area contributed by atoms with E-state index in [1.54, 1.807) is 0 Å². The zero-order valence-electron chi connectivity index (χ0n) is 10.4. The summed E-state index contributed by atoms with van der Waals surface area (Å²) in [6.45, 7) is 2.21. The molecule has 0 aliphatic carbocycles. The van der Waals surface area contributed by atoms with Gasteiger partial charge in [-0.2, -0.15) is 34.8 Å².